The van der Waals surface area contributed by atoms with Crippen molar-refractivity contribution in [2.75, 3.05) is 6.54 Å². The Bertz CT molecular complexity index is 1180. The zero-order valence-corrected chi connectivity index (χ0v) is 20.0. The second-order valence-corrected chi connectivity index (χ2v) is 9.46. The van der Waals surface area contributed by atoms with Crippen LogP contribution >= 0.6 is 27.7 Å². The fourth-order valence-electron chi connectivity index (χ4n) is 3.39. The van der Waals surface area contributed by atoms with Crippen LogP contribution in [0.4, 0.5) is 0 Å². The van der Waals surface area contributed by atoms with Gasteiger partial charge in [0.05, 0.1) is 11.5 Å². The van der Waals surface area contributed by atoms with E-state index < -0.39 is 0 Å². The fraction of sp³-hybridized carbons (Fsp3) is 0.160. The zero-order chi connectivity index (χ0) is 22.5. The van der Waals surface area contributed by atoms with Crippen LogP contribution in [0, 0.1) is 6.92 Å². The molecule has 3 aromatic rings. The Balaban J connectivity index is 1.48. The van der Waals surface area contributed by atoms with Gasteiger partial charge in [0.1, 0.15) is 11.5 Å². The van der Waals surface area contributed by atoms with Gasteiger partial charge in [0.2, 0.25) is 5.91 Å². The van der Waals surface area contributed by atoms with Crippen LogP contribution in [0.25, 0.3) is 11.3 Å². The fourth-order valence-corrected chi connectivity index (χ4v) is 4.80. The van der Waals surface area contributed by atoms with Crippen molar-refractivity contribution in [3.05, 3.63) is 94.7 Å². The van der Waals surface area contributed by atoms with Gasteiger partial charge >= 0.3 is 0 Å². The number of hydrogen-bond acceptors (Lipinski definition) is 5. The second-order valence-electron chi connectivity index (χ2n) is 7.37. The molecule has 32 heavy (non-hydrogen) atoms. The molecule has 0 aliphatic carbocycles. The van der Waals surface area contributed by atoms with Crippen molar-refractivity contribution >= 4 is 45.0 Å². The van der Waals surface area contributed by atoms with Crippen molar-refractivity contribution < 1.29 is 9.21 Å². The predicted octanol–water partition coefficient (Wildman–Crippen LogP) is 6.08. The lowest BCUT2D eigenvalue weighted by Gasteiger charge is -2.12. The highest BCUT2D eigenvalue weighted by atomic mass is 79.9. The van der Waals surface area contributed by atoms with E-state index >= 15 is 0 Å². The standard InChI is InChI=1S/C25H22BrN3O2S/c1-3-13-29-24(30)23(15-18-6-4-5-17(2)14-18)32-25(29)28-27-16-21-11-12-22(31-21)19-7-9-20(26)10-8-19/h3-12,14,16,23H,1,13,15H2,2H3. The van der Waals surface area contributed by atoms with Gasteiger partial charge in [-0.3, -0.25) is 9.69 Å². The van der Waals surface area contributed by atoms with Gasteiger partial charge in [0, 0.05) is 16.6 Å². The van der Waals surface area contributed by atoms with Gasteiger partial charge in [-0.2, -0.15) is 5.10 Å². The third-order valence-electron chi connectivity index (χ3n) is 4.92. The molecule has 0 bridgehead atoms. The highest BCUT2D eigenvalue weighted by Gasteiger charge is 2.37. The Morgan fingerprint density at radius 3 is 2.75 bits per heavy atom. The molecule has 5 nitrogen and oxygen atoms in total. The molecule has 1 atom stereocenters. The maximum Gasteiger partial charge on any atom is 0.242 e. The Kier molecular flexibility index (Phi) is 7.07. The van der Waals surface area contributed by atoms with E-state index in [0.29, 0.717) is 23.9 Å². The topological polar surface area (TPSA) is 58.2 Å². The van der Waals surface area contributed by atoms with Gasteiger partial charge in [0.15, 0.2) is 5.17 Å². The van der Waals surface area contributed by atoms with Gasteiger partial charge in [-0.15, -0.1) is 11.7 Å². The number of aryl methyl sites for hydroxylation is 1. The largest absolute Gasteiger partial charge is 0.455 e. The molecule has 1 aliphatic heterocycles. The van der Waals surface area contributed by atoms with Crippen molar-refractivity contribution in [3.63, 3.8) is 0 Å². The maximum atomic E-state index is 12.9. The molecule has 0 saturated carbocycles. The van der Waals surface area contributed by atoms with Crippen LogP contribution < -0.4 is 0 Å². The quantitative estimate of drug-likeness (QED) is 0.221. The SMILES string of the molecule is C=CCN1C(=O)C(Cc2cccc(C)c2)SC1=NN=Cc1ccc(-c2ccc(Br)cc2)o1. The molecule has 0 N–H and O–H groups in total. The lowest BCUT2D eigenvalue weighted by molar-refractivity contribution is -0.125. The number of amides is 1. The number of nitrogens with zero attached hydrogens (tertiary/aromatic N) is 3. The molecule has 2 aromatic carbocycles. The summed E-state index contributed by atoms with van der Waals surface area (Å²) in [5.41, 5.74) is 3.29. The normalized spacial score (nSPS) is 17.6. The van der Waals surface area contributed by atoms with Gasteiger partial charge in [0.25, 0.3) is 0 Å². The Labute approximate surface area is 200 Å². The summed E-state index contributed by atoms with van der Waals surface area (Å²) in [5.74, 6) is 1.37. The summed E-state index contributed by atoms with van der Waals surface area (Å²) in [6, 6.07) is 19.9. The van der Waals surface area contributed by atoms with E-state index in [1.54, 1.807) is 17.2 Å². The Morgan fingerprint density at radius 2 is 2.00 bits per heavy atom. The van der Waals surface area contributed by atoms with Crippen molar-refractivity contribution in [2.45, 2.75) is 18.6 Å². The van der Waals surface area contributed by atoms with E-state index in [4.69, 9.17) is 4.42 Å². The number of carbonyl (C=O) groups is 1. The molecular weight excluding hydrogens is 486 g/mol. The summed E-state index contributed by atoms with van der Waals surface area (Å²) in [6.45, 7) is 6.22. The summed E-state index contributed by atoms with van der Waals surface area (Å²) in [5, 5.41) is 8.84. The first-order chi connectivity index (χ1) is 15.5. The third-order valence-corrected chi connectivity index (χ3v) is 6.61. The zero-order valence-electron chi connectivity index (χ0n) is 17.6. The number of carbonyl (C=O) groups excluding carboxylic acids is 1. The molecule has 1 saturated heterocycles. The van der Waals surface area contributed by atoms with Crippen molar-refractivity contribution in [3.8, 4) is 11.3 Å². The van der Waals surface area contributed by atoms with Gasteiger partial charge < -0.3 is 4.42 Å². The van der Waals surface area contributed by atoms with Crippen LogP contribution in [0.5, 0.6) is 0 Å². The lowest BCUT2D eigenvalue weighted by Crippen LogP contribution is -2.32. The minimum atomic E-state index is -0.224. The number of thioether (sulfide) groups is 1. The van der Waals surface area contributed by atoms with Crippen LogP contribution in [0.15, 0.2) is 92.4 Å². The minimum absolute atomic E-state index is 0.0286. The highest BCUT2D eigenvalue weighted by Crippen LogP contribution is 2.30. The van der Waals surface area contributed by atoms with E-state index in [2.05, 4.69) is 51.8 Å². The van der Waals surface area contributed by atoms with Crippen LogP contribution in [0.3, 0.4) is 0 Å². The van der Waals surface area contributed by atoms with Crippen LogP contribution in [-0.4, -0.2) is 34.0 Å². The molecule has 1 aromatic heterocycles. The number of hydrogen-bond donors (Lipinski definition) is 0. The average Bonchev–Trinajstić information content (AvgIpc) is 3.35. The van der Waals surface area contributed by atoms with Crippen molar-refractivity contribution in [2.24, 2.45) is 10.2 Å². The van der Waals surface area contributed by atoms with E-state index in [9.17, 15) is 4.79 Å². The predicted molar refractivity (Wildman–Crippen MR) is 135 cm³/mol. The first kappa shape index (κ1) is 22.3. The average molecular weight is 508 g/mol. The number of halogens is 1. The summed E-state index contributed by atoms with van der Waals surface area (Å²) in [4.78, 5) is 14.5. The van der Waals surface area contributed by atoms with E-state index in [1.807, 2.05) is 48.5 Å². The molecule has 0 spiro atoms. The summed E-state index contributed by atoms with van der Waals surface area (Å²) >= 11 is 4.87. The monoisotopic (exact) mass is 507 g/mol. The van der Waals surface area contributed by atoms with E-state index in [-0.39, 0.29) is 11.2 Å². The Hall–Kier alpha value is -2.90. The lowest BCUT2D eigenvalue weighted by atomic mass is 10.1. The third kappa shape index (κ3) is 5.29. The van der Waals surface area contributed by atoms with Crippen molar-refractivity contribution in [1.82, 2.24) is 4.90 Å². The van der Waals surface area contributed by atoms with Crippen LogP contribution in [0.1, 0.15) is 16.9 Å². The smallest absolute Gasteiger partial charge is 0.242 e. The molecule has 1 fully saturated rings. The molecule has 1 aliphatic rings. The van der Waals surface area contributed by atoms with Gasteiger partial charge in [-0.25, -0.2) is 0 Å². The number of amidine groups is 1. The molecule has 0 radical (unpaired) electrons. The summed E-state index contributed by atoms with van der Waals surface area (Å²) < 4.78 is 6.86. The highest BCUT2D eigenvalue weighted by molar-refractivity contribution is 9.10. The number of benzene rings is 2. The molecule has 2 heterocycles. The van der Waals surface area contributed by atoms with Crippen LogP contribution in [0.2, 0.25) is 0 Å². The van der Waals surface area contributed by atoms with Gasteiger partial charge in [-0.05, 0) is 43.2 Å². The summed E-state index contributed by atoms with van der Waals surface area (Å²) in [6.07, 6.45) is 3.90. The molecule has 1 amide bonds. The molecule has 7 heteroatoms. The van der Waals surface area contributed by atoms with Crippen LogP contribution in [-0.2, 0) is 11.2 Å². The second kappa shape index (κ2) is 10.1. The number of rotatable bonds is 7. The maximum absolute atomic E-state index is 12.9. The van der Waals surface area contributed by atoms with E-state index in [1.165, 1.54) is 17.3 Å². The van der Waals surface area contributed by atoms with Crippen molar-refractivity contribution in [1.29, 1.82) is 0 Å². The van der Waals surface area contributed by atoms with E-state index in [0.717, 1.165) is 21.4 Å². The van der Waals surface area contributed by atoms with Gasteiger partial charge in [-0.1, -0.05) is 75.7 Å². The molecule has 1 unspecified atom stereocenters. The molecule has 4 rings (SSSR count). The Morgan fingerprint density at radius 1 is 1.19 bits per heavy atom. The first-order valence-electron chi connectivity index (χ1n) is 10.1. The minimum Gasteiger partial charge on any atom is -0.455 e. The molecule has 162 valence electrons. The number of furan rings is 1. The first-order valence-corrected chi connectivity index (χ1v) is 11.8. The summed E-state index contributed by atoms with van der Waals surface area (Å²) in [7, 11) is 0. The molecular formula is C25H22BrN3O2S.